The highest BCUT2D eigenvalue weighted by Gasteiger charge is 2.21. The van der Waals surface area contributed by atoms with Gasteiger partial charge in [0, 0.05) is 44.8 Å². The number of carbonyl (C=O) groups excluding carboxylic acids is 1. The fourth-order valence-electron chi connectivity index (χ4n) is 2.76. The van der Waals surface area contributed by atoms with Crippen molar-refractivity contribution in [2.45, 2.75) is 26.8 Å². The van der Waals surface area contributed by atoms with E-state index >= 15 is 0 Å². The molecule has 0 radical (unpaired) electrons. The molecule has 1 aromatic carbocycles. The highest BCUT2D eigenvalue weighted by atomic mass is 16.5. The summed E-state index contributed by atoms with van der Waals surface area (Å²) in [6.45, 7) is 9.33. The molecule has 0 spiro atoms. The molecule has 23 heavy (non-hydrogen) atoms. The number of carbonyl (C=O) groups is 1. The van der Waals surface area contributed by atoms with Crippen LogP contribution in [-0.4, -0.2) is 55.7 Å². The Kier molecular flexibility index (Phi) is 6.71. The molecular weight excluding hydrogens is 290 g/mol. The van der Waals surface area contributed by atoms with Crippen LogP contribution in [0.4, 0.5) is 4.79 Å². The van der Waals surface area contributed by atoms with Gasteiger partial charge < -0.3 is 15.0 Å². The predicted octanol–water partition coefficient (Wildman–Crippen LogP) is 2.57. The summed E-state index contributed by atoms with van der Waals surface area (Å²) < 4.78 is 5.41. The Morgan fingerprint density at radius 2 is 1.91 bits per heavy atom. The third kappa shape index (κ3) is 5.43. The van der Waals surface area contributed by atoms with Crippen LogP contribution in [0, 0.1) is 5.92 Å². The summed E-state index contributed by atoms with van der Waals surface area (Å²) >= 11 is 0. The fourth-order valence-corrected chi connectivity index (χ4v) is 2.76. The van der Waals surface area contributed by atoms with E-state index in [1.54, 1.807) is 7.11 Å². The zero-order chi connectivity index (χ0) is 16.7. The minimum absolute atomic E-state index is 0.0718. The van der Waals surface area contributed by atoms with Crippen LogP contribution >= 0.6 is 0 Å². The van der Waals surface area contributed by atoms with Crippen LogP contribution < -0.4 is 10.1 Å². The normalized spacial score (nSPS) is 15.7. The average molecular weight is 319 g/mol. The van der Waals surface area contributed by atoms with Gasteiger partial charge in [0.1, 0.15) is 5.75 Å². The number of amides is 2. The van der Waals surface area contributed by atoms with E-state index < -0.39 is 0 Å². The molecule has 1 aliphatic heterocycles. The van der Waals surface area contributed by atoms with E-state index in [4.69, 9.17) is 4.74 Å². The number of rotatable bonds is 6. The lowest BCUT2D eigenvalue weighted by Crippen LogP contribution is -2.51. The molecule has 0 bridgehead atoms. The number of methoxy groups -OCH3 is 1. The highest BCUT2D eigenvalue weighted by Crippen LogP contribution is 2.19. The maximum absolute atomic E-state index is 12.1. The van der Waals surface area contributed by atoms with E-state index in [-0.39, 0.29) is 6.03 Å². The first-order chi connectivity index (χ1) is 11.1. The molecule has 0 atom stereocenters. The zero-order valence-corrected chi connectivity index (χ0v) is 14.5. The van der Waals surface area contributed by atoms with Gasteiger partial charge in [-0.1, -0.05) is 32.0 Å². The molecule has 2 amide bonds. The Balaban J connectivity index is 1.76. The zero-order valence-electron chi connectivity index (χ0n) is 14.5. The molecule has 0 unspecified atom stereocenters. The average Bonchev–Trinajstić information content (AvgIpc) is 2.55. The Morgan fingerprint density at radius 3 is 2.57 bits per heavy atom. The number of urea groups is 1. The van der Waals surface area contributed by atoms with Gasteiger partial charge in [-0.25, -0.2) is 4.79 Å². The van der Waals surface area contributed by atoms with Gasteiger partial charge in [0.05, 0.1) is 7.11 Å². The summed E-state index contributed by atoms with van der Waals surface area (Å²) in [6.07, 6.45) is 1.03. The third-order valence-electron chi connectivity index (χ3n) is 4.24. The number of hydrogen-bond donors (Lipinski definition) is 1. The Bertz CT molecular complexity index is 497. The minimum atomic E-state index is 0.0718. The molecule has 1 N–H and O–H groups in total. The van der Waals surface area contributed by atoms with Gasteiger partial charge in [-0.3, -0.25) is 4.90 Å². The second-order valence-electron chi connectivity index (χ2n) is 6.49. The first kappa shape index (κ1) is 17.6. The van der Waals surface area contributed by atoms with Crippen molar-refractivity contribution < 1.29 is 9.53 Å². The fraction of sp³-hybridized carbons (Fsp3) is 0.611. The van der Waals surface area contributed by atoms with Crippen LogP contribution in [-0.2, 0) is 6.54 Å². The molecule has 5 nitrogen and oxygen atoms in total. The van der Waals surface area contributed by atoms with Crippen molar-refractivity contribution in [3.8, 4) is 5.75 Å². The lowest BCUT2D eigenvalue weighted by molar-refractivity contribution is 0.134. The van der Waals surface area contributed by atoms with Crippen molar-refractivity contribution >= 4 is 6.03 Å². The molecule has 1 fully saturated rings. The lowest BCUT2D eigenvalue weighted by Gasteiger charge is -2.35. The first-order valence-electron chi connectivity index (χ1n) is 8.47. The van der Waals surface area contributed by atoms with Crippen molar-refractivity contribution in [2.24, 2.45) is 5.92 Å². The topological polar surface area (TPSA) is 44.8 Å². The van der Waals surface area contributed by atoms with Gasteiger partial charge in [0.15, 0.2) is 0 Å². The number of nitrogens with zero attached hydrogens (tertiary/aromatic N) is 2. The van der Waals surface area contributed by atoms with Gasteiger partial charge in [-0.15, -0.1) is 0 Å². The molecule has 0 saturated carbocycles. The molecule has 0 aliphatic carbocycles. The first-order valence-corrected chi connectivity index (χ1v) is 8.47. The summed E-state index contributed by atoms with van der Waals surface area (Å²) in [6, 6.07) is 8.19. The van der Waals surface area contributed by atoms with Gasteiger partial charge in [0.2, 0.25) is 0 Å². The van der Waals surface area contributed by atoms with Crippen molar-refractivity contribution in [2.75, 3.05) is 39.8 Å². The summed E-state index contributed by atoms with van der Waals surface area (Å²) in [5.74, 6) is 1.55. The van der Waals surface area contributed by atoms with Crippen LogP contribution in [0.2, 0.25) is 0 Å². The molecule has 0 aromatic heterocycles. The standard InChI is InChI=1S/C18H29N3O2/c1-15(2)8-9-19-18(22)21-12-10-20(11-13-21)14-16-6-4-5-7-17(16)23-3/h4-7,15H,8-14H2,1-3H3,(H,19,22). The predicted molar refractivity (Wildman–Crippen MR) is 92.7 cm³/mol. The molecule has 1 aliphatic rings. The maximum Gasteiger partial charge on any atom is 0.317 e. The van der Waals surface area contributed by atoms with Crippen LogP contribution in [0.15, 0.2) is 24.3 Å². The van der Waals surface area contributed by atoms with Gasteiger partial charge in [-0.05, 0) is 18.4 Å². The molecule has 1 heterocycles. The molecular formula is C18H29N3O2. The molecule has 5 heteroatoms. The number of hydrogen-bond acceptors (Lipinski definition) is 3. The number of nitrogens with one attached hydrogen (secondary N) is 1. The Morgan fingerprint density at radius 1 is 1.22 bits per heavy atom. The van der Waals surface area contributed by atoms with E-state index in [0.29, 0.717) is 5.92 Å². The van der Waals surface area contributed by atoms with Crippen LogP contribution in [0.25, 0.3) is 0 Å². The van der Waals surface area contributed by atoms with E-state index in [1.807, 2.05) is 23.1 Å². The van der Waals surface area contributed by atoms with E-state index in [2.05, 4.69) is 30.1 Å². The van der Waals surface area contributed by atoms with E-state index in [0.717, 1.165) is 51.4 Å². The number of para-hydroxylation sites is 1. The maximum atomic E-state index is 12.1. The van der Waals surface area contributed by atoms with Gasteiger partial charge in [0.25, 0.3) is 0 Å². The molecule has 128 valence electrons. The van der Waals surface area contributed by atoms with Gasteiger partial charge in [-0.2, -0.15) is 0 Å². The number of ether oxygens (including phenoxy) is 1. The largest absolute Gasteiger partial charge is 0.496 e. The van der Waals surface area contributed by atoms with Crippen molar-refractivity contribution in [1.82, 2.24) is 15.1 Å². The summed E-state index contributed by atoms with van der Waals surface area (Å²) in [7, 11) is 1.71. The number of benzene rings is 1. The van der Waals surface area contributed by atoms with Crippen LogP contribution in [0.1, 0.15) is 25.8 Å². The smallest absolute Gasteiger partial charge is 0.317 e. The SMILES string of the molecule is COc1ccccc1CN1CCN(C(=O)NCCC(C)C)CC1. The second-order valence-corrected chi connectivity index (χ2v) is 6.49. The Labute approximate surface area is 139 Å². The molecule has 1 aromatic rings. The lowest BCUT2D eigenvalue weighted by atomic mass is 10.1. The van der Waals surface area contributed by atoms with Crippen LogP contribution in [0.5, 0.6) is 5.75 Å². The van der Waals surface area contributed by atoms with E-state index in [9.17, 15) is 4.79 Å². The minimum Gasteiger partial charge on any atom is -0.496 e. The van der Waals surface area contributed by atoms with Crippen LogP contribution in [0.3, 0.4) is 0 Å². The highest BCUT2D eigenvalue weighted by molar-refractivity contribution is 5.74. The summed E-state index contributed by atoms with van der Waals surface area (Å²) in [5, 5.41) is 3.01. The van der Waals surface area contributed by atoms with Crippen molar-refractivity contribution in [3.05, 3.63) is 29.8 Å². The van der Waals surface area contributed by atoms with Crippen molar-refractivity contribution in [1.29, 1.82) is 0 Å². The Hall–Kier alpha value is -1.75. The molecule has 2 rings (SSSR count). The third-order valence-corrected chi connectivity index (χ3v) is 4.24. The number of piperazine rings is 1. The summed E-state index contributed by atoms with van der Waals surface area (Å²) in [5.41, 5.74) is 1.20. The van der Waals surface area contributed by atoms with Gasteiger partial charge >= 0.3 is 6.03 Å². The van der Waals surface area contributed by atoms with E-state index in [1.165, 1.54) is 5.56 Å². The monoisotopic (exact) mass is 319 g/mol. The van der Waals surface area contributed by atoms with Crippen molar-refractivity contribution in [3.63, 3.8) is 0 Å². The molecule has 1 saturated heterocycles. The quantitative estimate of drug-likeness (QED) is 0.876. The summed E-state index contributed by atoms with van der Waals surface area (Å²) in [4.78, 5) is 16.4. The second kappa shape index (κ2) is 8.77.